The van der Waals surface area contributed by atoms with Crippen molar-refractivity contribution in [2.24, 2.45) is 5.92 Å². The fraction of sp³-hybridized carbons (Fsp3) is 0.370. The van der Waals surface area contributed by atoms with Gasteiger partial charge in [-0.2, -0.15) is 11.3 Å². The Morgan fingerprint density at radius 1 is 1.18 bits per heavy atom. The first-order chi connectivity index (χ1) is 16.5. The second-order valence-electron chi connectivity index (χ2n) is 8.87. The summed E-state index contributed by atoms with van der Waals surface area (Å²) in [5, 5.41) is 3.74. The number of aryl methyl sites for hydroxylation is 1. The van der Waals surface area contributed by atoms with E-state index in [0.717, 1.165) is 18.4 Å². The maximum absolute atomic E-state index is 14.5. The van der Waals surface area contributed by atoms with Crippen LogP contribution in [0.15, 0.2) is 65.6 Å². The minimum atomic E-state index is -0.244. The average molecular weight is 480 g/mol. The van der Waals surface area contributed by atoms with E-state index in [9.17, 15) is 14.0 Å². The number of rotatable bonds is 8. The fourth-order valence-corrected chi connectivity index (χ4v) is 5.37. The minimum absolute atomic E-state index is 0.0439. The molecule has 178 valence electrons. The Bertz CT molecular complexity index is 1080. The third kappa shape index (κ3) is 5.89. The van der Waals surface area contributed by atoms with E-state index < -0.39 is 0 Å². The molecule has 0 radical (unpaired) electrons. The van der Waals surface area contributed by atoms with Crippen molar-refractivity contribution in [1.82, 2.24) is 14.8 Å². The molecule has 3 heterocycles. The zero-order chi connectivity index (χ0) is 23.9. The monoisotopic (exact) mass is 479 g/mol. The molecule has 1 fully saturated rings. The normalized spacial score (nSPS) is 15.2. The van der Waals surface area contributed by atoms with E-state index in [1.807, 2.05) is 47.0 Å². The molecule has 2 aromatic heterocycles. The van der Waals surface area contributed by atoms with Gasteiger partial charge in [-0.05, 0) is 66.3 Å². The van der Waals surface area contributed by atoms with E-state index in [1.165, 1.54) is 17.4 Å². The van der Waals surface area contributed by atoms with Gasteiger partial charge in [0.15, 0.2) is 0 Å². The number of carbonyl (C=O) groups is 2. The van der Waals surface area contributed by atoms with E-state index >= 15 is 0 Å². The Labute approximate surface area is 204 Å². The molecule has 1 atom stereocenters. The number of pyridine rings is 1. The van der Waals surface area contributed by atoms with Crippen molar-refractivity contribution in [3.8, 4) is 0 Å². The second-order valence-corrected chi connectivity index (χ2v) is 9.65. The SMILES string of the molecule is CN(C(=O)c1ccsc1)[C@H](Cc1ccccc1F)C1CCN(C(=O)CCc2cccnc2)CC1. The highest BCUT2D eigenvalue weighted by molar-refractivity contribution is 7.08. The van der Waals surface area contributed by atoms with Crippen LogP contribution in [-0.4, -0.2) is 52.8 Å². The highest BCUT2D eigenvalue weighted by Gasteiger charge is 2.33. The molecule has 0 bridgehead atoms. The third-order valence-corrected chi connectivity index (χ3v) is 7.44. The molecule has 0 saturated carbocycles. The van der Waals surface area contributed by atoms with Gasteiger partial charge < -0.3 is 9.80 Å². The molecule has 5 nitrogen and oxygen atoms in total. The number of likely N-dealkylation sites (N-methyl/N-ethyl adjacent to an activating group) is 1. The van der Waals surface area contributed by atoms with Crippen molar-refractivity contribution in [3.63, 3.8) is 0 Å². The van der Waals surface area contributed by atoms with Crippen molar-refractivity contribution in [2.75, 3.05) is 20.1 Å². The molecule has 4 rings (SSSR count). The standard InChI is InChI=1S/C27H30FN3O2S/c1-30(27(33)23-12-16-34-19-23)25(17-22-6-2-3-7-24(22)28)21-10-14-31(15-11-21)26(32)9-8-20-5-4-13-29-18-20/h2-7,12-13,16,18-19,21,25H,8-11,14-15,17H2,1H3/t25-/m1/s1. The van der Waals surface area contributed by atoms with Gasteiger partial charge in [0.1, 0.15) is 5.82 Å². The van der Waals surface area contributed by atoms with Gasteiger partial charge in [0.2, 0.25) is 5.91 Å². The molecule has 1 saturated heterocycles. The molecular formula is C27H30FN3O2S. The van der Waals surface area contributed by atoms with Crippen LogP contribution in [0.4, 0.5) is 4.39 Å². The molecule has 7 heteroatoms. The smallest absolute Gasteiger partial charge is 0.254 e. The van der Waals surface area contributed by atoms with Gasteiger partial charge in [-0.1, -0.05) is 24.3 Å². The molecule has 0 aliphatic carbocycles. The number of aromatic nitrogens is 1. The van der Waals surface area contributed by atoms with Gasteiger partial charge >= 0.3 is 0 Å². The van der Waals surface area contributed by atoms with Crippen LogP contribution in [0.25, 0.3) is 0 Å². The molecule has 1 aliphatic heterocycles. The zero-order valence-corrected chi connectivity index (χ0v) is 20.2. The van der Waals surface area contributed by atoms with Gasteiger partial charge in [-0.3, -0.25) is 14.6 Å². The van der Waals surface area contributed by atoms with Crippen molar-refractivity contribution in [1.29, 1.82) is 0 Å². The summed E-state index contributed by atoms with van der Waals surface area (Å²) in [5.74, 6) is 0.0506. The first-order valence-electron chi connectivity index (χ1n) is 11.7. The van der Waals surface area contributed by atoms with Crippen LogP contribution < -0.4 is 0 Å². The largest absolute Gasteiger partial charge is 0.343 e. The highest BCUT2D eigenvalue weighted by atomic mass is 32.1. The predicted octanol–water partition coefficient (Wildman–Crippen LogP) is 4.84. The number of halogens is 1. The van der Waals surface area contributed by atoms with E-state index in [0.29, 0.717) is 43.5 Å². The summed E-state index contributed by atoms with van der Waals surface area (Å²) in [6.45, 7) is 1.32. The summed E-state index contributed by atoms with van der Waals surface area (Å²) < 4.78 is 14.5. The molecule has 1 aromatic carbocycles. The number of hydrogen-bond acceptors (Lipinski definition) is 4. The number of thiophene rings is 1. The van der Waals surface area contributed by atoms with Crippen molar-refractivity contribution in [2.45, 2.75) is 38.1 Å². The summed E-state index contributed by atoms with van der Waals surface area (Å²) in [6.07, 6.45) is 6.71. The fourth-order valence-electron chi connectivity index (χ4n) is 4.74. The second kappa shape index (κ2) is 11.4. The van der Waals surface area contributed by atoms with Gasteiger partial charge in [-0.15, -0.1) is 0 Å². The molecule has 34 heavy (non-hydrogen) atoms. The number of carbonyl (C=O) groups excluding carboxylic acids is 2. The van der Waals surface area contributed by atoms with Crippen LogP contribution in [-0.2, 0) is 17.6 Å². The van der Waals surface area contributed by atoms with Crippen LogP contribution in [0.2, 0.25) is 0 Å². The lowest BCUT2D eigenvalue weighted by Crippen LogP contribution is -2.48. The lowest BCUT2D eigenvalue weighted by Gasteiger charge is -2.40. The van der Waals surface area contributed by atoms with Gasteiger partial charge in [0.05, 0.1) is 5.56 Å². The van der Waals surface area contributed by atoms with Crippen LogP contribution in [0.3, 0.4) is 0 Å². The number of nitrogens with zero attached hydrogens (tertiary/aromatic N) is 3. The molecular weight excluding hydrogens is 449 g/mol. The van der Waals surface area contributed by atoms with Crippen LogP contribution in [0.1, 0.15) is 40.7 Å². The maximum atomic E-state index is 14.5. The number of amides is 2. The van der Waals surface area contributed by atoms with Gasteiger partial charge in [0, 0.05) is 50.4 Å². The summed E-state index contributed by atoms with van der Waals surface area (Å²) in [5.41, 5.74) is 2.34. The summed E-state index contributed by atoms with van der Waals surface area (Å²) in [4.78, 5) is 33.7. The summed E-state index contributed by atoms with van der Waals surface area (Å²) >= 11 is 1.49. The Balaban J connectivity index is 1.41. The maximum Gasteiger partial charge on any atom is 0.254 e. The average Bonchev–Trinajstić information content (AvgIpc) is 3.42. The van der Waals surface area contributed by atoms with E-state index in [-0.39, 0.29) is 29.6 Å². The number of piperidine rings is 1. The van der Waals surface area contributed by atoms with Gasteiger partial charge in [-0.25, -0.2) is 4.39 Å². The molecule has 3 aromatic rings. The third-order valence-electron chi connectivity index (χ3n) is 6.76. The highest BCUT2D eigenvalue weighted by Crippen LogP contribution is 2.28. The first kappa shape index (κ1) is 24.1. The summed E-state index contributed by atoms with van der Waals surface area (Å²) in [6, 6.07) is 12.3. The zero-order valence-electron chi connectivity index (χ0n) is 19.4. The Hall–Kier alpha value is -3.06. The minimum Gasteiger partial charge on any atom is -0.343 e. The predicted molar refractivity (Wildman–Crippen MR) is 132 cm³/mol. The number of hydrogen-bond donors (Lipinski definition) is 0. The van der Waals surface area contributed by atoms with Crippen molar-refractivity contribution < 1.29 is 14.0 Å². The van der Waals surface area contributed by atoms with Crippen molar-refractivity contribution >= 4 is 23.2 Å². The Morgan fingerprint density at radius 2 is 1.97 bits per heavy atom. The quantitative estimate of drug-likeness (QED) is 0.465. The van der Waals surface area contributed by atoms with Crippen molar-refractivity contribution in [3.05, 3.63) is 88.1 Å². The first-order valence-corrected chi connectivity index (χ1v) is 12.7. The molecule has 2 amide bonds. The van der Waals surface area contributed by atoms with Crippen LogP contribution >= 0.6 is 11.3 Å². The number of likely N-dealkylation sites (tertiary alicyclic amines) is 1. The molecule has 1 aliphatic rings. The molecule has 0 unspecified atom stereocenters. The van der Waals surface area contributed by atoms with Crippen LogP contribution in [0, 0.1) is 11.7 Å². The van der Waals surface area contributed by atoms with E-state index in [1.54, 1.807) is 29.4 Å². The summed E-state index contributed by atoms with van der Waals surface area (Å²) in [7, 11) is 1.82. The number of benzene rings is 1. The van der Waals surface area contributed by atoms with Gasteiger partial charge in [0.25, 0.3) is 5.91 Å². The van der Waals surface area contributed by atoms with E-state index in [4.69, 9.17) is 0 Å². The lowest BCUT2D eigenvalue weighted by molar-refractivity contribution is -0.132. The molecule has 0 spiro atoms. The lowest BCUT2D eigenvalue weighted by atomic mass is 9.84. The Morgan fingerprint density at radius 3 is 2.65 bits per heavy atom. The molecule has 0 N–H and O–H groups in total. The van der Waals surface area contributed by atoms with E-state index in [2.05, 4.69) is 4.98 Å². The topological polar surface area (TPSA) is 53.5 Å². The Kier molecular flexibility index (Phi) is 8.06. The van der Waals surface area contributed by atoms with Crippen LogP contribution in [0.5, 0.6) is 0 Å².